The SMILES string of the molecule is CC(OC(C)(C)C(C)C)C(CC(C)(C)C)C(C)(C)C. The lowest BCUT2D eigenvalue weighted by atomic mass is 9.69. The Balaban J connectivity index is 4.99. The van der Waals surface area contributed by atoms with E-state index in [1.54, 1.807) is 0 Å². The Bertz CT molecular complexity index is 262. The predicted molar refractivity (Wildman–Crippen MR) is 86.5 cm³/mol. The molecule has 0 aliphatic heterocycles. The Kier molecular flexibility index (Phi) is 6.15. The summed E-state index contributed by atoms with van der Waals surface area (Å²) in [4.78, 5) is 0. The van der Waals surface area contributed by atoms with Crippen molar-refractivity contribution < 1.29 is 4.74 Å². The highest BCUT2D eigenvalue weighted by atomic mass is 16.5. The quantitative estimate of drug-likeness (QED) is 0.602. The first kappa shape index (κ1) is 19.0. The van der Waals surface area contributed by atoms with Crippen LogP contribution in [0.5, 0.6) is 0 Å². The maximum atomic E-state index is 6.43. The summed E-state index contributed by atoms with van der Waals surface area (Å²) in [7, 11) is 0. The molecule has 116 valence electrons. The Morgan fingerprint density at radius 3 is 1.47 bits per heavy atom. The molecule has 0 fully saturated rings. The van der Waals surface area contributed by atoms with Gasteiger partial charge in [0.15, 0.2) is 0 Å². The number of rotatable bonds is 5. The van der Waals surface area contributed by atoms with Gasteiger partial charge in [0.2, 0.25) is 0 Å². The highest BCUT2D eigenvalue weighted by molar-refractivity contribution is 4.85. The first-order valence-corrected chi connectivity index (χ1v) is 7.84. The average molecular weight is 271 g/mol. The van der Waals surface area contributed by atoms with Gasteiger partial charge in [-0.15, -0.1) is 0 Å². The van der Waals surface area contributed by atoms with Crippen molar-refractivity contribution in [3.63, 3.8) is 0 Å². The molecule has 0 rings (SSSR count). The van der Waals surface area contributed by atoms with E-state index < -0.39 is 0 Å². The Morgan fingerprint density at radius 1 is 0.789 bits per heavy atom. The van der Waals surface area contributed by atoms with Gasteiger partial charge in [-0.3, -0.25) is 0 Å². The summed E-state index contributed by atoms with van der Waals surface area (Å²) in [6, 6.07) is 0. The van der Waals surface area contributed by atoms with E-state index in [0.29, 0.717) is 17.3 Å². The van der Waals surface area contributed by atoms with Crippen molar-refractivity contribution in [1.82, 2.24) is 0 Å². The zero-order valence-corrected chi connectivity index (χ0v) is 15.3. The lowest BCUT2D eigenvalue weighted by molar-refractivity contribution is -0.132. The van der Waals surface area contributed by atoms with Gasteiger partial charge in [0.25, 0.3) is 0 Å². The van der Waals surface area contributed by atoms with E-state index in [2.05, 4.69) is 76.2 Å². The molecule has 2 unspecified atom stereocenters. The van der Waals surface area contributed by atoms with E-state index in [4.69, 9.17) is 4.74 Å². The van der Waals surface area contributed by atoms with Crippen LogP contribution in [0.3, 0.4) is 0 Å². The van der Waals surface area contributed by atoms with Gasteiger partial charge in [0.1, 0.15) is 0 Å². The van der Waals surface area contributed by atoms with Crippen LogP contribution in [-0.2, 0) is 4.74 Å². The molecule has 0 aromatic carbocycles. The van der Waals surface area contributed by atoms with Crippen LogP contribution in [0.25, 0.3) is 0 Å². The molecular formula is C18H38O. The van der Waals surface area contributed by atoms with Gasteiger partial charge in [-0.2, -0.15) is 0 Å². The first-order chi connectivity index (χ1) is 8.17. The Hall–Kier alpha value is -0.0400. The largest absolute Gasteiger partial charge is 0.372 e. The van der Waals surface area contributed by atoms with Crippen LogP contribution >= 0.6 is 0 Å². The minimum atomic E-state index is -0.0548. The third-order valence-corrected chi connectivity index (χ3v) is 4.39. The smallest absolute Gasteiger partial charge is 0.0653 e. The van der Waals surface area contributed by atoms with Crippen LogP contribution < -0.4 is 0 Å². The number of ether oxygens (including phenoxy) is 1. The van der Waals surface area contributed by atoms with Gasteiger partial charge < -0.3 is 4.74 Å². The van der Waals surface area contributed by atoms with Gasteiger partial charge in [-0.25, -0.2) is 0 Å². The first-order valence-electron chi connectivity index (χ1n) is 7.84. The van der Waals surface area contributed by atoms with Crippen molar-refractivity contribution in [2.45, 2.75) is 94.3 Å². The minimum absolute atomic E-state index is 0.0548. The predicted octanol–water partition coefficient (Wildman–Crippen LogP) is 5.92. The molecule has 0 bridgehead atoms. The summed E-state index contributed by atoms with van der Waals surface area (Å²) in [6.45, 7) is 25.2. The zero-order chi connectivity index (χ0) is 15.6. The van der Waals surface area contributed by atoms with Crippen LogP contribution in [0, 0.1) is 22.7 Å². The fourth-order valence-electron chi connectivity index (χ4n) is 2.53. The van der Waals surface area contributed by atoms with Gasteiger partial charge in [-0.05, 0) is 49.9 Å². The lowest BCUT2D eigenvalue weighted by Crippen LogP contribution is -2.42. The zero-order valence-electron chi connectivity index (χ0n) is 15.3. The standard InChI is InChI=1S/C18H38O/c1-13(2)18(10,11)19-14(3)15(17(7,8)9)12-16(4,5)6/h13-15H,12H2,1-11H3. The maximum Gasteiger partial charge on any atom is 0.0653 e. The second-order valence-corrected chi connectivity index (χ2v) is 9.32. The molecule has 0 radical (unpaired) electrons. The summed E-state index contributed by atoms with van der Waals surface area (Å²) in [5.41, 5.74) is 0.568. The molecule has 19 heavy (non-hydrogen) atoms. The maximum absolute atomic E-state index is 6.43. The highest BCUT2D eigenvalue weighted by Crippen LogP contribution is 2.40. The summed E-state index contributed by atoms with van der Waals surface area (Å²) in [6.07, 6.45) is 1.49. The van der Waals surface area contributed by atoms with Crippen molar-refractivity contribution in [2.75, 3.05) is 0 Å². The molecule has 0 heterocycles. The van der Waals surface area contributed by atoms with E-state index in [1.807, 2.05) is 0 Å². The number of hydrogen-bond donors (Lipinski definition) is 0. The van der Waals surface area contributed by atoms with Crippen molar-refractivity contribution in [3.05, 3.63) is 0 Å². The average Bonchev–Trinajstić information content (AvgIpc) is 2.09. The van der Waals surface area contributed by atoms with E-state index >= 15 is 0 Å². The normalized spacial score (nSPS) is 17.7. The molecular weight excluding hydrogens is 232 g/mol. The molecule has 0 amide bonds. The van der Waals surface area contributed by atoms with E-state index in [1.165, 1.54) is 6.42 Å². The second kappa shape index (κ2) is 6.16. The van der Waals surface area contributed by atoms with Crippen molar-refractivity contribution in [2.24, 2.45) is 22.7 Å². The van der Waals surface area contributed by atoms with Gasteiger partial charge in [0, 0.05) is 0 Å². The lowest BCUT2D eigenvalue weighted by Gasteiger charge is -2.43. The van der Waals surface area contributed by atoms with Gasteiger partial charge in [-0.1, -0.05) is 55.4 Å². The fourth-order valence-corrected chi connectivity index (χ4v) is 2.53. The van der Waals surface area contributed by atoms with Crippen LogP contribution in [0.15, 0.2) is 0 Å². The molecule has 0 aliphatic carbocycles. The summed E-state index contributed by atoms with van der Waals surface area (Å²) in [5, 5.41) is 0. The van der Waals surface area contributed by atoms with Crippen molar-refractivity contribution >= 4 is 0 Å². The van der Waals surface area contributed by atoms with Crippen LogP contribution in [0.1, 0.15) is 82.6 Å². The van der Waals surface area contributed by atoms with Gasteiger partial charge >= 0.3 is 0 Å². The molecule has 0 saturated heterocycles. The minimum Gasteiger partial charge on any atom is -0.372 e. The molecule has 0 N–H and O–H groups in total. The molecule has 1 nitrogen and oxygen atoms in total. The topological polar surface area (TPSA) is 9.23 Å². The van der Waals surface area contributed by atoms with E-state index in [-0.39, 0.29) is 17.1 Å². The molecule has 0 spiro atoms. The number of hydrogen-bond acceptors (Lipinski definition) is 1. The molecule has 0 aromatic rings. The summed E-state index contributed by atoms with van der Waals surface area (Å²) in [5.74, 6) is 1.11. The van der Waals surface area contributed by atoms with E-state index in [9.17, 15) is 0 Å². The summed E-state index contributed by atoms with van der Waals surface area (Å²) < 4.78 is 6.43. The van der Waals surface area contributed by atoms with Crippen LogP contribution in [0.4, 0.5) is 0 Å². The van der Waals surface area contributed by atoms with Crippen molar-refractivity contribution in [3.8, 4) is 0 Å². The molecule has 1 heteroatoms. The van der Waals surface area contributed by atoms with Crippen molar-refractivity contribution in [1.29, 1.82) is 0 Å². The molecule has 2 atom stereocenters. The second-order valence-electron chi connectivity index (χ2n) is 9.32. The fraction of sp³-hybridized carbons (Fsp3) is 1.00. The Labute approximate surface area is 122 Å². The van der Waals surface area contributed by atoms with E-state index in [0.717, 1.165) is 0 Å². The van der Waals surface area contributed by atoms with Crippen LogP contribution in [0.2, 0.25) is 0 Å². The summed E-state index contributed by atoms with van der Waals surface area (Å²) >= 11 is 0. The third kappa shape index (κ3) is 6.79. The molecule has 0 saturated carbocycles. The highest BCUT2D eigenvalue weighted by Gasteiger charge is 2.36. The third-order valence-electron chi connectivity index (χ3n) is 4.39. The molecule has 0 aromatic heterocycles. The molecule has 0 aliphatic rings. The van der Waals surface area contributed by atoms with Crippen LogP contribution in [-0.4, -0.2) is 11.7 Å². The monoisotopic (exact) mass is 270 g/mol. The van der Waals surface area contributed by atoms with Gasteiger partial charge in [0.05, 0.1) is 11.7 Å². The Morgan fingerprint density at radius 2 is 1.21 bits per heavy atom.